The molecule has 0 radical (unpaired) electrons. The van der Waals surface area contributed by atoms with Crippen LogP contribution in [-0.4, -0.2) is 87.5 Å². The molecule has 1 aliphatic heterocycles. The molecule has 2 unspecified atom stereocenters. The van der Waals surface area contributed by atoms with Gasteiger partial charge in [0.15, 0.2) is 6.29 Å². The van der Waals surface area contributed by atoms with Crippen LogP contribution in [0.5, 0.6) is 0 Å². The van der Waals surface area contributed by atoms with Crippen LogP contribution in [0.15, 0.2) is 0 Å². The van der Waals surface area contributed by atoms with E-state index in [0.717, 1.165) is 38.5 Å². The number of aliphatic hydroxyl groups excluding tert-OH is 5. The molecule has 9 heteroatoms. The minimum Gasteiger partial charge on any atom is -0.394 e. The normalized spacial score (nSPS) is 20.3. The summed E-state index contributed by atoms with van der Waals surface area (Å²) in [5.41, 5.74) is 0. The lowest BCUT2D eigenvalue weighted by molar-refractivity contribution is -0.302. The molecule has 1 heterocycles. The molecular formula is C52H103NO8. The fraction of sp³-hybridized carbons (Fsp3) is 0.981. The first kappa shape index (κ1) is 58.2. The summed E-state index contributed by atoms with van der Waals surface area (Å²) in [5, 5.41) is 54.6. The van der Waals surface area contributed by atoms with Gasteiger partial charge in [0.2, 0.25) is 5.91 Å². The van der Waals surface area contributed by atoms with Crippen molar-refractivity contribution in [1.82, 2.24) is 5.32 Å². The molecule has 0 bridgehead atoms. The zero-order valence-corrected chi connectivity index (χ0v) is 40.2. The summed E-state index contributed by atoms with van der Waals surface area (Å²) in [6.07, 6.45) is 42.6. The summed E-state index contributed by atoms with van der Waals surface area (Å²) in [4.78, 5) is 13.0. The second-order valence-electron chi connectivity index (χ2n) is 19.0. The highest BCUT2D eigenvalue weighted by molar-refractivity contribution is 5.76. The van der Waals surface area contributed by atoms with Crippen molar-refractivity contribution < 1.29 is 39.8 Å². The minimum atomic E-state index is -1.55. The Hall–Kier alpha value is -0.810. The molecule has 1 saturated heterocycles. The van der Waals surface area contributed by atoms with Crippen molar-refractivity contribution >= 4 is 5.91 Å². The third-order valence-corrected chi connectivity index (χ3v) is 13.2. The van der Waals surface area contributed by atoms with Crippen molar-refractivity contribution in [2.75, 3.05) is 13.2 Å². The lowest BCUT2D eigenvalue weighted by Crippen LogP contribution is -2.60. The molecule has 61 heavy (non-hydrogen) atoms. The standard InChI is InChI=1S/C52H103NO8/c1-3-5-7-9-11-13-15-17-19-21-22-23-24-26-28-30-32-34-36-38-40-42-48(56)53-45(44-60-52-51(59)50(58)49(57)47(43-54)61-52)46(55)41-39-37-35-33-31-29-27-25-20-18-16-14-12-10-8-6-4-2/h45-47,49-52,54-55,57-59H,3-44H2,1-2H3,(H,53,56)/t45-,46+,47+,49+,50?,51?,52+/m0/s1. The Morgan fingerprint density at radius 1 is 0.492 bits per heavy atom. The molecule has 0 saturated carbocycles. The SMILES string of the molecule is CCCCCCCCCCCCCCCCCCCCCCCC(=O)N[C@@H](CO[C@@H]1O[C@H](CO)[C@@H](O)C(O)C1O)[C@H](O)CCCCCCCCCCCCCCCCCCC. The van der Waals surface area contributed by atoms with Crippen molar-refractivity contribution in [3.05, 3.63) is 0 Å². The first-order valence-corrected chi connectivity index (χ1v) is 26.7. The fourth-order valence-corrected chi connectivity index (χ4v) is 8.93. The van der Waals surface area contributed by atoms with E-state index in [0.29, 0.717) is 12.8 Å². The average Bonchev–Trinajstić information content (AvgIpc) is 3.26. The van der Waals surface area contributed by atoms with E-state index in [1.165, 1.54) is 205 Å². The number of rotatable bonds is 46. The number of hydrogen-bond acceptors (Lipinski definition) is 8. The predicted molar refractivity (Wildman–Crippen MR) is 254 cm³/mol. The van der Waals surface area contributed by atoms with Crippen LogP contribution in [-0.2, 0) is 14.3 Å². The smallest absolute Gasteiger partial charge is 0.220 e. The summed E-state index contributed by atoms with van der Waals surface area (Å²) < 4.78 is 11.3. The lowest BCUT2D eigenvalue weighted by Gasteiger charge is -2.40. The molecule has 0 aromatic heterocycles. The first-order chi connectivity index (χ1) is 29.8. The maximum atomic E-state index is 13.0. The quantitative estimate of drug-likeness (QED) is 0.0331. The van der Waals surface area contributed by atoms with Crippen LogP contribution in [0, 0.1) is 0 Å². The summed E-state index contributed by atoms with van der Waals surface area (Å²) in [5.74, 6) is -0.137. The van der Waals surface area contributed by atoms with Crippen LogP contribution in [0.3, 0.4) is 0 Å². The molecule has 6 N–H and O–H groups in total. The van der Waals surface area contributed by atoms with Crippen LogP contribution in [0.2, 0.25) is 0 Å². The molecular weight excluding hydrogens is 767 g/mol. The van der Waals surface area contributed by atoms with Gasteiger partial charge in [-0.1, -0.05) is 251 Å². The van der Waals surface area contributed by atoms with E-state index in [4.69, 9.17) is 9.47 Å². The fourth-order valence-electron chi connectivity index (χ4n) is 8.93. The third kappa shape index (κ3) is 33.3. The number of nitrogens with one attached hydrogen (secondary N) is 1. The Morgan fingerprint density at radius 2 is 0.820 bits per heavy atom. The maximum Gasteiger partial charge on any atom is 0.220 e. The number of hydrogen-bond donors (Lipinski definition) is 6. The van der Waals surface area contributed by atoms with Gasteiger partial charge in [-0.15, -0.1) is 0 Å². The second-order valence-corrected chi connectivity index (χ2v) is 19.0. The van der Waals surface area contributed by atoms with E-state index in [1.54, 1.807) is 0 Å². The van der Waals surface area contributed by atoms with Gasteiger partial charge in [-0.2, -0.15) is 0 Å². The van der Waals surface area contributed by atoms with Gasteiger partial charge in [0.05, 0.1) is 25.4 Å². The van der Waals surface area contributed by atoms with Crippen LogP contribution >= 0.6 is 0 Å². The monoisotopic (exact) mass is 870 g/mol. The maximum absolute atomic E-state index is 13.0. The van der Waals surface area contributed by atoms with Gasteiger partial charge < -0.3 is 40.3 Å². The summed E-state index contributed by atoms with van der Waals surface area (Å²) in [7, 11) is 0. The molecule has 9 nitrogen and oxygen atoms in total. The van der Waals surface area contributed by atoms with Crippen LogP contribution < -0.4 is 5.32 Å². The van der Waals surface area contributed by atoms with Gasteiger partial charge in [0, 0.05) is 6.42 Å². The number of carbonyl (C=O) groups excluding carboxylic acids is 1. The number of aliphatic hydroxyl groups is 5. The van der Waals surface area contributed by atoms with Crippen LogP contribution in [0.1, 0.15) is 271 Å². The molecule has 1 amide bonds. The minimum absolute atomic E-state index is 0.131. The molecule has 7 atom stereocenters. The highest BCUT2D eigenvalue weighted by Gasteiger charge is 2.44. The first-order valence-electron chi connectivity index (χ1n) is 26.7. The van der Waals surface area contributed by atoms with Gasteiger partial charge in [0.25, 0.3) is 0 Å². The Kier molecular flexibility index (Phi) is 41.1. The lowest BCUT2D eigenvalue weighted by atomic mass is 9.99. The molecule has 0 aromatic carbocycles. The number of carbonyl (C=O) groups is 1. The van der Waals surface area contributed by atoms with Gasteiger partial charge in [-0.3, -0.25) is 4.79 Å². The Morgan fingerprint density at radius 3 is 1.16 bits per heavy atom. The predicted octanol–water partition coefficient (Wildman–Crippen LogP) is 12.3. The van der Waals surface area contributed by atoms with E-state index >= 15 is 0 Å². The average molecular weight is 870 g/mol. The van der Waals surface area contributed by atoms with Gasteiger partial charge >= 0.3 is 0 Å². The van der Waals surface area contributed by atoms with E-state index in [1.807, 2.05) is 0 Å². The van der Waals surface area contributed by atoms with E-state index in [2.05, 4.69) is 19.2 Å². The van der Waals surface area contributed by atoms with Gasteiger partial charge in [0.1, 0.15) is 24.4 Å². The summed E-state index contributed by atoms with van der Waals surface area (Å²) in [6, 6.07) is -0.712. The van der Waals surface area contributed by atoms with E-state index in [-0.39, 0.29) is 12.5 Å². The van der Waals surface area contributed by atoms with Crippen molar-refractivity contribution in [2.45, 2.75) is 314 Å². The topological polar surface area (TPSA) is 149 Å². The van der Waals surface area contributed by atoms with Crippen molar-refractivity contribution in [3.8, 4) is 0 Å². The largest absolute Gasteiger partial charge is 0.394 e. The second kappa shape index (κ2) is 43.1. The van der Waals surface area contributed by atoms with Gasteiger partial charge in [-0.25, -0.2) is 0 Å². The molecule has 1 fully saturated rings. The highest BCUT2D eigenvalue weighted by atomic mass is 16.7. The number of amides is 1. The number of ether oxygens (including phenoxy) is 2. The van der Waals surface area contributed by atoms with Crippen LogP contribution in [0.25, 0.3) is 0 Å². The molecule has 0 aliphatic carbocycles. The highest BCUT2D eigenvalue weighted by Crippen LogP contribution is 2.23. The molecule has 0 aromatic rings. The van der Waals surface area contributed by atoms with Crippen molar-refractivity contribution in [2.24, 2.45) is 0 Å². The zero-order chi connectivity index (χ0) is 44.4. The summed E-state index contributed by atoms with van der Waals surface area (Å²) >= 11 is 0. The molecule has 364 valence electrons. The molecule has 1 aliphatic rings. The third-order valence-electron chi connectivity index (χ3n) is 13.2. The Bertz CT molecular complexity index is 924. The molecule has 1 rings (SSSR count). The van der Waals surface area contributed by atoms with Crippen molar-refractivity contribution in [1.29, 1.82) is 0 Å². The number of unbranched alkanes of at least 4 members (excludes halogenated alkanes) is 36. The Labute approximate surface area is 376 Å². The van der Waals surface area contributed by atoms with E-state index < -0.39 is 49.5 Å². The van der Waals surface area contributed by atoms with Crippen molar-refractivity contribution in [3.63, 3.8) is 0 Å². The Balaban J connectivity index is 2.23. The summed E-state index contributed by atoms with van der Waals surface area (Å²) in [6.45, 7) is 3.87. The van der Waals surface area contributed by atoms with Gasteiger partial charge in [-0.05, 0) is 12.8 Å². The van der Waals surface area contributed by atoms with Crippen LogP contribution in [0.4, 0.5) is 0 Å². The van der Waals surface area contributed by atoms with E-state index in [9.17, 15) is 30.3 Å². The zero-order valence-electron chi connectivity index (χ0n) is 40.2. The molecule has 0 spiro atoms.